The van der Waals surface area contributed by atoms with E-state index in [0.717, 1.165) is 12.1 Å². The van der Waals surface area contributed by atoms with Crippen LogP contribution < -0.4 is 10.6 Å². The van der Waals surface area contributed by atoms with Gasteiger partial charge in [-0.25, -0.2) is 4.79 Å². The summed E-state index contributed by atoms with van der Waals surface area (Å²) in [7, 11) is 0. The number of nitrogens with one attached hydrogen (secondary N) is 2. The Morgan fingerprint density at radius 2 is 1.85 bits per heavy atom. The summed E-state index contributed by atoms with van der Waals surface area (Å²) in [6, 6.07) is 7.47. The molecule has 0 bridgehead atoms. The van der Waals surface area contributed by atoms with E-state index in [9.17, 15) is 9.59 Å². The Balaban J connectivity index is 1.87. The van der Waals surface area contributed by atoms with E-state index in [-0.39, 0.29) is 5.75 Å². The van der Waals surface area contributed by atoms with Gasteiger partial charge in [0, 0.05) is 6.54 Å². The SMILES string of the molecule is CC(C)CCNC(=O)NC(=O)CSc1nnnn1-c1ccc(C(C)C)cc1. The number of amides is 3. The molecule has 9 heteroatoms. The molecule has 8 nitrogen and oxygen atoms in total. The van der Waals surface area contributed by atoms with Crippen molar-refractivity contribution in [1.82, 2.24) is 30.8 Å². The first-order valence-corrected chi connectivity index (χ1v) is 9.94. The van der Waals surface area contributed by atoms with Gasteiger partial charge in [0.2, 0.25) is 11.1 Å². The maximum absolute atomic E-state index is 11.9. The third-order valence-electron chi connectivity index (χ3n) is 3.84. The van der Waals surface area contributed by atoms with Crippen LogP contribution in [0.25, 0.3) is 5.69 Å². The molecule has 2 aromatic rings. The summed E-state index contributed by atoms with van der Waals surface area (Å²) in [5.74, 6) is 0.580. The fourth-order valence-electron chi connectivity index (χ4n) is 2.24. The van der Waals surface area contributed by atoms with Crippen molar-refractivity contribution in [3.63, 3.8) is 0 Å². The zero-order chi connectivity index (χ0) is 19.8. The molecule has 1 aromatic heterocycles. The molecule has 2 rings (SSSR count). The van der Waals surface area contributed by atoms with Gasteiger partial charge in [0.15, 0.2) is 0 Å². The number of aromatic nitrogens is 4. The van der Waals surface area contributed by atoms with E-state index in [1.165, 1.54) is 17.3 Å². The summed E-state index contributed by atoms with van der Waals surface area (Å²) in [5.41, 5.74) is 2.04. The van der Waals surface area contributed by atoms with Gasteiger partial charge in [-0.15, -0.1) is 5.10 Å². The number of imide groups is 1. The van der Waals surface area contributed by atoms with Gasteiger partial charge in [0.1, 0.15) is 0 Å². The highest BCUT2D eigenvalue weighted by Gasteiger charge is 2.13. The first-order chi connectivity index (χ1) is 12.9. The minimum absolute atomic E-state index is 0.0437. The molecule has 27 heavy (non-hydrogen) atoms. The first kappa shape index (κ1) is 20.9. The Hall–Kier alpha value is -2.42. The average Bonchev–Trinajstić information content (AvgIpc) is 3.08. The summed E-state index contributed by atoms with van der Waals surface area (Å²) < 4.78 is 1.57. The van der Waals surface area contributed by atoms with E-state index in [2.05, 4.69) is 53.9 Å². The highest BCUT2D eigenvalue weighted by Crippen LogP contribution is 2.20. The number of benzene rings is 1. The molecule has 0 saturated carbocycles. The molecule has 0 saturated heterocycles. The minimum atomic E-state index is -0.481. The standard InChI is InChI=1S/C18H26N6O2S/c1-12(2)9-10-19-17(26)20-16(25)11-27-18-21-22-23-24(18)15-7-5-14(6-8-15)13(3)4/h5-8,12-13H,9-11H2,1-4H3,(H2,19,20,25,26). The van der Waals surface area contributed by atoms with E-state index in [4.69, 9.17) is 0 Å². The Kier molecular flexibility index (Phi) is 7.78. The number of urea groups is 1. The monoisotopic (exact) mass is 390 g/mol. The van der Waals surface area contributed by atoms with Crippen LogP contribution in [0.15, 0.2) is 29.4 Å². The number of carbonyl (C=O) groups excluding carboxylic acids is 2. The van der Waals surface area contributed by atoms with Crippen molar-refractivity contribution in [2.24, 2.45) is 5.92 Å². The van der Waals surface area contributed by atoms with Crippen LogP contribution in [-0.2, 0) is 4.79 Å². The van der Waals surface area contributed by atoms with Crippen LogP contribution in [0.3, 0.4) is 0 Å². The zero-order valence-electron chi connectivity index (χ0n) is 16.1. The number of rotatable bonds is 8. The fraction of sp³-hybridized carbons (Fsp3) is 0.500. The number of thioether (sulfide) groups is 1. The predicted octanol–water partition coefficient (Wildman–Crippen LogP) is 2.75. The van der Waals surface area contributed by atoms with Crippen LogP contribution in [0.2, 0.25) is 0 Å². The van der Waals surface area contributed by atoms with Crippen LogP contribution in [-0.4, -0.2) is 44.4 Å². The van der Waals surface area contributed by atoms with Crippen molar-refractivity contribution in [1.29, 1.82) is 0 Å². The van der Waals surface area contributed by atoms with Crippen molar-refractivity contribution < 1.29 is 9.59 Å². The maximum Gasteiger partial charge on any atom is 0.321 e. The van der Waals surface area contributed by atoms with Crippen LogP contribution in [0.4, 0.5) is 4.79 Å². The normalized spacial score (nSPS) is 11.0. The molecule has 0 fully saturated rings. The van der Waals surface area contributed by atoms with Gasteiger partial charge in [-0.3, -0.25) is 10.1 Å². The second-order valence-electron chi connectivity index (χ2n) is 6.89. The highest BCUT2D eigenvalue weighted by molar-refractivity contribution is 7.99. The van der Waals surface area contributed by atoms with Crippen LogP contribution in [0, 0.1) is 5.92 Å². The Labute approximate surface area is 163 Å². The molecule has 0 unspecified atom stereocenters. The van der Waals surface area contributed by atoms with E-state index >= 15 is 0 Å². The number of hydrogen-bond donors (Lipinski definition) is 2. The molecule has 0 radical (unpaired) electrons. The summed E-state index contributed by atoms with van der Waals surface area (Å²) in [5, 5.41) is 17.1. The van der Waals surface area contributed by atoms with Gasteiger partial charge < -0.3 is 5.32 Å². The van der Waals surface area contributed by atoms with Crippen molar-refractivity contribution in [3.8, 4) is 5.69 Å². The lowest BCUT2D eigenvalue weighted by atomic mass is 10.0. The van der Waals surface area contributed by atoms with Gasteiger partial charge in [-0.05, 0) is 46.4 Å². The molecule has 0 spiro atoms. The van der Waals surface area contributed by atoms with Gasteiger partial charge in [0.25, 0.3) is 0 Å². The minimum Gasteiger partial charge on any atom is -0.338 e. The predicted molar refractivity (Wildman–Crippen MR) is 105 cm³/mol. The number of nitrogens with zero attached hydrogens (tertiary/aromatic N) is 4. The molecular formula is C18H26N6O2S. The van der Waals surface area contributed by atoms with E-state index < -0.39 is 11.9 Å². The summed E-state index contributed by atoms with van der Waals surface area (Å²) in [4.78, 5) is 23.6. The number of tetrazole rings is 1. The van der Waals surface area contributed by atoms with Gasteiger partial charge >= 0.3 is 6.03 Å². The molecule has 1 aromatic carbocycles. The van der Waals surface area contributed by atoms with E-state index in [0.29, 0.717) is 23.5 Å². The van der Waals surface area contributed by atoms with Crippen molar-refractivity contribution in [2.75, 3.05) is 12.3 Å². The topological polar surface area (TPSA) is 102 Å². The van der Waals surface area contributed by atoms with Gasteiger partial charge in [-0.2, -0.15) is 4.68 Å². The molecule has 0 aliphatic rings. The molecule has 146 valence electrons. The van der Waals surface area contributed by atoms with Crippen molar-refractivity contribution in [2.45, 2.75) is 45.2 Å². The second kappa shape index (κ2) is 10.1. The molecule has 0 aliphatic carbocycles. The van der Waals surface area contributed by atoms with Gasteiger partial charge in [0.05, 0.1) is 11.4 Å². The largest absolute Gasteiger partial charge is 0.338 e. The molecule has 1 heterocycles. The quantitative estimate of drug-likeness (QED) is 0.672. The number of carbonyl (C=O) groups is 2. The average molecular weight is 391 g/mol. The Morgan fingerprint density at radius 1 is 1.15 bits per heavy atom. The Bertz CT molecular complexity index is 757. The lowest BCUT2D eigenvalue weighted by Crippen LogP contribution is -2.40. The second-order valence-corrected chi connectivity index (χ2v) is 7.84. The summed E-state index contributed by atoms with van der Waals surface area (Å²) >= 11 is 1.17. The number of hydrogen-bond acceptors (Lipinski definition) is 6. The zero-order valence-corrected chi connectivity index (χ0v) is 16.9. The maximum atomic E-state index is 11.9. The highest BCUT2D eigenvalue weighted by atomic mass is 32.2. The van der Waals surface area contributed by atoms with Gasteiger partial charge in [-0.1, -0.05) is 51.6 Å². The fourth-order valence-corrected chi connectivity index (χ4v) is 2.93. The van der Waals surface area contributed by atoms with Crippen molar-refractivity contribution >= 4 is 23.7 Å². The summed E-state index contributed by atoms with van der Waals surface area (Å²) in [6.07, 6.45) is 0.862. The van der Waals surface area contributed by atoms with Crippen LogP contribution >= 0.6 is 11.8 Å². The molecular weight excluding hydrogens is 364 g/mol. The van der Waals surface area contributed by atoms with Crippen LogP contribution in [0.1, 0.15) is 45.6 Å². The van der Waals surface area contributed by atoms with E-state index in [1.807, 2.05) is 24.3 Å². The molecule has 2 N–H and O–H groups in total. The molecule has 0 atom stereocenters. The third-order valence-corrected chi connectivity index (χ3v) is 4.76. The van der Waals surface area contributed by atoms with E-state index in [1.54, 1.807) is 4.68 Å². The molecule has 3 amide bonds. The Morgan fingerprint density at radius 3 is 2.48 bits per heavy atom. The summed E-state index contributed by atoms with van der Waals surface area (Å²) in [6.45, 7) is 8.94. The third kappa shape index (κ3) is 6.67. The lowest BCUT2D eigenvalue weighted by Gasteiger charge is -2.09. The smallest absolute Gasteiger partial charge is 0.321 e. The first-order valence-electron chi connectivity index (χ1n) is 8.96. The van der Waals surface area contributed by atoms with Crippen molar-refractivity contribution in [3.05, 3.63) is 29.8 Å². The van der Waals surface area contributed by atoms with Crippen LogP contribution in [0.5, 0.6) is 0 Å². The molecule has 0 aliphatic heterocycles. The lowest BCUT2D eigenvalue weighted by molar-refractivity contribution is -0.117.